The summed E-state index contributed by atoms with van der Waals surface area (Å²) in [6.07, 6.45) is 5.21. The first-order valence-corrected chi connectivity index (χ1v) is 4.13. The SMILES string of the molecule is O=C(O)c1cn(C2CC2)ccc1=O. The van der Waals surface area contributed by atoms with E-state index in [4.69, 9.17) is 5.11 Å². The molecule has 13 heavy (non-hydrogen) atoms. The van der Waals surface area contributed by atoms with Gasteiger partial charge in [0.2, 0.25) is 0 Å². The van der Waals surface area contributed by atoms with Gasteiger partial charge >= 0.3 is 5.97 Å². The Bertz CT molecular complexity index is 404. The first-order chi connectivity index (χ1) is 6.18. The van der Waals surface area contributed by atoms with E-state index in [1.54, 1.807) is 10.8 Å². The topological polar surface area (TPSA) is 59.3 Å². The number of carboxylic acids is 1. The van der Waals surface area contributed by atoms with Crippen molar-refractivity contribution in [2.75, 3.05) is 0 Å². The maximum absolute atomic E-state index is 11.1. The normalized spacial score (nSPS) is 15.7. The van der Waals surface area contributed by atoms with Gasteiger partial charge in [0.15, 0.2) is 5.43 Å². The van der Waals surface area contributed by atoms with Crippen LogP contribution in [0.25, 0.3) is 0 Å². The average molecular weight is 179 g/mol. The fourth-order valence-corrected chi connectivity index (χ4v) is 1.26. The summed E-state index contributed by atoms with van der Waals surface area (Å²) in [5.74, 6) is -1.15. The molecule has 1 aliphatic carbocycles. The molecular weight excluding hydrogens is 170 g/mol. The van der Waals surface area contributed by atoms with E-state index in [0.717, 1.165) is 12.8 Å². The second-order valence-corrected chi connectivity index (χ2v) is 3.21. The molecule has 0 aliphatic heterocycles. The number of carboxylic acid groups (broad SMARTS) is 1. The van der Waals surface area contributed by atoms with Crippen molar-refractivity contribution in [3.8, 4) is 0 Å². The summed E-state index contributed by atoms with van der Waals surface area (Å²) in [6.45, 7) is 0. The van der Waals surface area contributed by atoms with Crippen molar-refractivity contribution < 1.29 is 9.90 Å². The van der Waals surface area contributed by atoms with E-state index < -0.39 is 11.4 Å². The molecule has 4 heteroatoms. The van der Waals surface area contributed by atoms with Gasteiger partial charge in [-0.05, 0) is 12.8 Å². The number of pyridine rings is 1. The first-order valence-electron chi connectivity index (χ1n) is 4.13. The van der Waals surface area contributed by atoms with Crippen LogP contribution in [0.15, 0.2) is 23.3 Å². The minimum absolute atomic E-state index is 0.144. The molecule has 0 spiro atoms. The van der Waals surface area contributed by atoms with Gasteiger partial charge in [-0.15, -0.1) is 0 Å². The van der Waals surface area contributed by atoms with Gasteiger partial charge in [-0.2, -0.15) is 0 Å². The Labute approximate surface area is 74.4 Å². The lowest BCUT2D eigenvalue weighted by Gasteiger charge is -2.03. The monoisotopic (exact) mass is 179 g/mol. The molecule has 2 rings (SSSR count). The van der Waals surface area contributed by atoms with Crippen LogP contribution >= 0.6 is 0 Å². The van der Waals surface area contributed by atoms with E-state index in [2.05, 4.69) is 0 Å². The lowest BCUT2D eigenvalue weighted by Crippen LogP contribution is -2.16. The molecule has 0 bridgehead atoms. The molecule has 68 valence electrons. The number of carbonyl (C=O) groups is 1. The van der Waals surface area contributed by atoms with Gasteiger partial charge in [0.25, 0.3) is 0 Å². The summed E-state index contributed by atoms with van der Waals surface area (Å²) in [5.41, 5.74) is -0.571. The van der Waals surface area contributed by atoms with Crippen LogP contribution in [0.3, 0.4) is 0 Å². The van der Waals surface area contributed by atoms with Gasteiger partial charge in [0.05, 0.1) is 0 Å². The highest BCUT2D eigenvalue weighted by Gasteiger charge is 2.23. The largest absolute Gasteiger partial charge is 0.477 e. The summed E-state index contributed by atoms with van der Waals surface area (Å²) < 4.78 is 1.80. The summed E-state index contributed by atoms with van der Waals surface area (Å²) >= 11 is 0. The Kier molecular flexibility index (Phi) is 1.69. The highest BCUT2D eigenvalue weighted by atomic mass is 16.4. The van der Waals surface area contributed by atoms with Crippen LogP contribution in [-0.2, 0) is 0 Å². The Hall–Kier alpha value is -1.58. The molecule has 4 nitrogen and oxygen atoms in total. The summed E-state index contributed by atoms with van der Waals surface area (Å²) in [6, 6.07) is 1.71. The number of rotatable bonds is 2. The summed E-state index contributed by atoms with van der Waals surface area (Å²) in [4.78, 5) is 21.7. The van der Waals surface area contributed by atoms with Crippen molar-refractivity contribution in [3.63, 3.8) is 0 Å². The smallest absolute Gasteiger partial charge is 0.341 e. The summed E-state index contributed by atoms with van der Waals surface area (Å²) in [7, 11) is 0. The molecule has 0 amide bonds. The number of hydrogen-bond donors (Lipinski definition) is 1. The first kappa shape index (κ1) is 8.04. The van der Waals surface area contributed by atoms with Crippen molar-refractivity contribution in [2.45, 2.75) is 18.9 Å². The molecule has 0 atom stereocenters. The Balaban J connectivity index is 2.47. The Morgan fingerprint density at radius 3 is 2.77 bits per heavy atom. The predicted octanol–water partition coefficient (Wildman–Crippen LogP) is 0.881. The van der Waals surface area contributed by atoms with Gasteiger partial charge in [-0.1, -0.05) is 0 Å². The van der Waals surface area contributed by atoms with Crippen LogP contribution in [0, 0.1) is 0 Å². The van der Waals surface area contributed by atoms with Gasteiger partial charge in [0.1, 0.15) is 5.56 Å². The molecule has 0 saturated heterocycles. The van der Waals surface area contributed by atoms with E-state index in [0.29, 0.717) is 6.04 Å². The lowest BCUT2D eigenvalue weighted by molar-refractivity contribution is 0.0694. The van der Waals surface area contributed by atoms with Gasteiger partial charge in [0, 0.05) is 24.5 Å². The lowest BCUT2D eigenvalue weighted by atomic mass is 10.3. The highest BCUT2D eigenvalue weighted by molar-refractivity contribution is 5.86. The van der Waals surface area contributed by atoms with E-state index in [-0.39, 0.29) is 5.56 Å². The zero-order chi connectivity index (χ0) is 9.42. The number of aromatic carboxylic acids is 1. The van der Waals surface area contributed by atoms with Gasteiger partial charge in [-0.3, -0.25) is 4.79 Å². The fraction of sp³-hybridized carbons (Fsp3) is 0.333. The minimum Gasteiger partial charge on any atom is -0.477 e. The molecule has 0 unspecified atom stereocenters. The van der Waals surface area contributed by atoms with Crippen LogP contribution in [0.5, 0.6) is 0 Å². The number of hydrogen-bond acceptors (Lipinski definition) is 2. The standard InChI is InChI=1S/C9H9NO3/c11-8-3-4-10(6-1-2-6)5-7(8)9(12)13/h3-6H,1-2H2,(H,12,13). The van der Waals surface area contributed by atoms with Crippen molar-refractivity contribution in [1.82, 2.24) is 4.57 Å². The van der Waals surface area contributed by atoms with E-state index in [9.17, 15) is 9.59 Å². The zero-order valence-electron chi connectivity index (χ0n) is 6.93. The van der Waals surface area contributed by atoms with Crippen LogP contribution in [0.1, 0.15) is 29.2 Å². The van der Waals surface area contributed by atoms with Crippen molar-refractivity contribution in [3.05, 3.63) is 34.2 Å². The van der Waals surface area contributed by atoms with Gasteiger partial charge < -0.3 is 9.67 Å². The second-order valence-electron chi connectivity index (χ2n) is 3.21. The third-order valence-corrected chi connectivity index (χ3v) is 2.14. The highest BCUT2D eigenvalue weighted by Crippen LogP contribution is 2.34. The molecular formula is C9H9NO3. The fourth-order valence-electron chi connectivity index (χ4n) is 1.26. The number of nitrogens with zero attached hydrogens (tertiary/aromatic N) is 1. The van der Waals surface area contributed by atoms with Crippen molar-refractivity contribution >= 4 is 5.97 Å². The average Bonchev–Trinajstić information content (AvgIpc) is 2.87. The van der Waals surface area contributed by atoms with E-state index >= 15 is 0 Å². The molecule has 0 aromatic carbocycles. The Morgan fingerprint density at radius 2 is 2.23 bits per heavy atom. The molecule has 1 N–H and O–H groups in total. The van der Waals surface area contributed by atoms with Crippen molar-refractivity contribution in [1.29, 1.82) is 0 Å². The second kappa shape index (κ2) is 2.73. The van der Waals surface area contributed by atoms with Gasteiger partial charge in [-0.25, -0.2) is 4.79 Å². The quantitative estimate of drug-likeness (QED) is 0.733. The minimum atomic E-state index is -1.15. The van der Waals surface area contributed by atoms with Crippen LogP contribution < -0.4 is 5.43 Å². The molecule has 1 aromatic heterocycles. The van der Waals surface area contributed by atoms with Crippen molar-refractivity contribution in [2.24, 2.45) is 0 Å². The molecule has 1 aliphatic rings. The third kappa shape index (κ3) is 1.47. The van der Waals surface area contributed by atoms with E-state index in [1.165, 1.54) is 12.3 Å². The maximum atomic E-state index is 11.1. The molecule has 1 aromatic rings. The predicted molar refractivity (Wildman–Crippen MR) is 45.9 cm³/mol. The maximum Gasteiger partial charge on any atom is 0.341 e. The van der Waals surface area contributed by atoms with E-state index in [1.807, 2.05) is 0 Å². The van der Waals surface area contributed by atoms with Crippen LogP contribution in [0.4, 0.5) is 0 Å². The molecule has 1 saturated carbocycles. The number of aromatic nitrogens is 1. The van der Waals surface area contributed by atoms with Crippen LogP contribution in [-0.4, -0.2) is 15.6 Å². The Morgan fingerprint density at radius 1 is 1.54 bits per heavy atom. The summed E-state index contributed by atoms with van der Waals surface area (Å²) in [5, 5.41) is 8.68. The zero-order valence-corrected chi connectivity index (χ0v) is 6.93. The molecule has 1 fully saturated rings. The van der Waals surface area contributed by atoms with Crippen LogP contribution in [0.2, 0.25) is 0 Å². The molecule has 1 heterocycles. The third-order valence-electron chi connectivity index (χ3n) is 2.14. The molecule has 0 radical (unpaired) electrons.